The highest BCUT2D eigenvalue weighted by atomic mass is 32.2. The fraction of sp³-hybridized carbons (Fsp3) is 0.364. The van der Waals surface area contributed by atoms with Crippen molar-refractivity contribution in [3.8, 4) is 5.75 Å². The molecular formula is C22H27N3O5S. The molecule has 9 heteroatoms. The standard InChI is InChI=1S/C22H27N3O5S/c26-21(16-24-22(27)17-30-19-10-3-1-4-11-19)23-15-18-9-5-6-12-20(18)31(28,29)25-13-7-2-8-14-25/h1,3-6,9-12H,2,7-8,13-17H2,(H,23,26)(H,24,27). The van der Waals surface area contributed by atoms with Crippen LogP contribution in [0.1, 0.15) is 24.8 Å². The van der Waals surface area contributed by atoms with Gasteiger partial charge >= 0.3 is 0 Å². The topological polar surface area (TPSA) is 105 Å². The van der Waals surface area contributed by atoms with Crippen LogP contribution in [0, 0.1) is 0 Å². The van der Waals surface area contributed by atoms with E-state index in [1.165, 1.54) is 4.31 Å². The Hall–Kier alpha value is -2.91. The molecule has 1 aliphatic heterocycles. The largest absolute Gasteiger partial charge is 0.484 e. The van der Waals surface area contributed by atoms with Crippen LogP contribution in [-0.2, 0) is 26.2 Å². The minimum atomic E-state index is -3.60. The van der Waals surface area contributed by atoms with E-state index in [2.05, 4.69) is 10.6 Å². The second-order valence-corrected chi connectivity index (χ2v) is 9.13. The second-order valence-electron chi connectivity index (χ2n) is 7.23. The molecule has 2 aromatic rings. The molecule has 0 saturated carbocycles. The molecule has 3 rings (SSSR count). The Kier molecular flexibility index (Phi) is 8.02. The summed E-state index contributed by atoms with van der Waals surface area (Å²) in [5.74, 6) is -0.279. The maximum atomic E-state index is 13.0. The maximum absolute atomic E-state index is 13.0. The van der Waals surface area contributed by atoms with E-state index in [-0.39, 0.29) is 24.6 Å². The highest BCUT2D eigenvalue weighted by Crippen LogP contribution is 2.23. The van der Waals surface area contributed by atoms with Gasteiger partial charge in [0.1, 0.15) is 5.75 Å². The van der Waals surface area contributed by atoms with Crippen molar-refractivity contribution >= 4 is 21.8 Å². The first kappa shape index (κ1) is 22.8. The Bertz CT molecular complexity index is 989. The Morgan fingerprint density at radius 3 is 2.29 bits per heavy atom. The van der Waals surface area contributed by atoms with Crippen molar-refractivity contribution in [1.82, 2.24) is 14.9 Å². The quantitative estimate of drug-likeness (QED) is 0.611. The number of rotatable bonds is 9. The van der Waals surface area contributed by atoms with Gasteiger partial charge in [0, 0.05) is 19.6 Å². The summed E-state index contributed by atoms with van der Waals surface area (Å²) in [5, 5.41) is 5.15. The molecule has 2 N–H and O–H groups in total. The summed E-state index contributed by atoms with van der Waals surface area (Å²) in [6, 6.07) is 15.6. The molecule has 0 radical (unpaired) electrons. The van der Waals surface area contributed by atoms with E-state index in [0.717, 1.165) is 19.3 Å². The summed E-state index contributed by atoms with van der Waals surface area (Å²) in [7, 11) is -3.60. The molecule has 0 spiro atoms. The average Bonchev–Trinajstić information content (AvgIpc) is 2.81. The molecule has 8 nitrogen and oxygen atoms in total. The smallest absolute Gasteiger partial charge is 0.258 e. The molecule has 0 unspecified atom stereocenters. The van der Waals surface area contributed by atoms with Crippen LogP contribution in [0.4, 0.5) is 0 Å². The van der Waals surface area contributed by atoms with Crippen molar-refractivity contribution in [1.29, 1.82) is 0 Å². The fourth-order valence-corrected chi connectivity index (χ4v) is 5.04. The van der Waals surface area contributed by atoms with Gasteiger partial charge in [-0.25, -0.2) is 8.42 Å². The summed E-state index contributed by atoms with van der Waals surface area (Å²) in [6.07, 6.45) is 2.74. The first-order valence-electron chi connectivity index (χ1n) is 10.3. The van der Waals surface area contributed by atoms with Gasteiger partial charge in [-0.2, -0.15) is 4.31 Å². The first-order valence-corrected chi connectivity index (χ1v) is 11.7. The summed E-state index contributed by atoms with van der Waals surface area (Å²) in [6.45, 7) is 0.658. The number of carbonyl (C=O) groups excluding carboxylic acids is 2. The molecule has 0 aromatic heterocycles. The van der Waals surface area contributed by atoms with E-state index < -0.39 is 21.8 Å². The van der Waals surface area contributed by atoms with Gasteiger partial charge in [0.2, 0.25) is 15.9 Å². The molecule has 1 fully saturated rings. The molecule has 2 aromatic carbocycles. The van der Waals surface area contributed by atoms with Crippen LogP contribution < -0.4 is 15.4 Å². The molecule has 0 atom stereocenters. The molecule has 2 amide bonds. The van der Waals surface area contributed by atoms with Gasteiger partial charge in [0.25, 0.3) is 5.91 Å². The summed E-state index contributed by atoms with van der Waals surface area (Å²) in [4.78, 5) is 24.2. The Balaban J connectivity index is 1.49. The number of hydrogen-bond donors (Lipinski definition) is 2. The zero-order valence-electron chi connectivity index (χ0n) is 17.2. The third-order valence-electron chi connectivity index (χ3n) is 4.94. The molecule has 166 valence electrons. The van der Waals surface area contributed by atoms with E-state index in [1.54, 1.807) is 48.5 Å². The number of nitrogens with one attached hydrogen (secondary N) is 2. The van der Waals surface area contributed by atoms with E-state index >= 15 is 0 Å². The summed E-state index contributed by atoms with van der Waals surface area (Å²) in [5.41, 5.74) is 0.514. The van der Waals surface area contributed by atoms with E-state index in [4.69, 9.17) is 4.74 Å². The van der Waals surface area contributed by atoms with Crippen molar-refractivity contribution in [3.63, 3.8) is 0 Å². The molecule has 1 aliphatic rings. The van der Waals surface area contributed by atoms with E-state index in [9.17, 15) is 18.0 Å². The lowest BCUT2D eigenvalue weighted by Gasteiger charge is -2.26. The molecule has 1 heterocycles. The SMILES string of the molecule is O=C(CNC(=O)COc1ccccc1)NCc1ccccc1S(=O)(=O)N1CCCCC1. The van der Waals surface area contributed by atoms with Gasteiger partial charge in [0.15, 0.2) is 6.61 Å². The monoisotopic (exact) mass is 445 g/mol. The third kappa shape index (κ3) is 6.53. The number of piperidine rings is 1. The number of amides is 2. The van der Waals surface area contributed by atoms with Crippen molar-refractivity contribution in [2.45, 2.75) is 30.7 Å². The summed E-state index contributed by atoms with van der Waals surface area (Å²) >= 11 is 0. The van der Waals surface area contributed by atoms with Crippen LogP contribution in [-0.4, -0.2) is 50.8 Å². The molecule has 0 bridgehead atoms. The van der Waals surface area contributed by atoms with E-state index in [0.29, 0.717) is 24.4 Å². The normalized spacial score (nSPS) is 14.6. The lowest BCUT2D eigenvalue weighted by Crippen LogP contribution is -2.39. The predicted molar refractivity (Wildman–Crippen MR) is 116 cm³/mol. The third-order valence-corrected chi connectivity index (χ3v) is 6.94. The number of nitrogens with zero attached hydrogens (tertiary/aromatic N) is 1. The van der Waals surface area contributed by atoms with Crippen LogP contribution in [0.5, 0.6) is 5.75 Å². The van der Waals surface area contributed by atoms with Gasteiger partial charge in [-0.05, 0) is 36.6 Å². The molecule has 0 aliphatic carbocycles. The zero-order chi connectivity index (χ0) is 22.1. The number of para-hydroxylation sites is 1. The van der Waals surface area contributed by atoms with Crippen LogP contribution in [0.25, 0.3) is 0 Å². The molecule has 31 heavy (non-hydrogen) atoms. The number of benzene rings is 2. The van der Waals surface area contributed by atoms with Crippen molar-refractivity contribution < 1.29 is 22.7 Å². The Morgan fingerprint density at radius 1 is 0.871 bits per heavy atom. The first-order chi connectivity index (χ1) is 15.0. The van der Waals surface area contributed by atoms with Crippen molar-refractivity contribution in [2.75, 3.05) is 26.2 Å². The van der Waals surface area contributed by atoms with Crippen molar-refractivity contribution in [3.05, 3.63) is 60.2 Å². The number of sulfonamides is 1. The minimum absolute atomic E-state index is 0.0540. The number of hydrogen-bond acceptors (Lipinski definition) is 5. The van der Waals surface area contributed by atoms with Gasteiger partial charge in [-0.3, -0.25) is 9.59 Å². The lowest BCUT2D eigenvalue weighted by atomic mass is 10.2. The van der Waals surface area contributed by atoms with Gasteiger partial charge < -0.3 is 15.4 Å². The maximum Gasteiger partial charge on any atom is 0.258 e. The highest BCUT2D eigenvalue weighted by molar-refractivity contribution is 7.89. The van der Waals surface area contributed by atoms with Crippen LogP contribution >= 0.6 is 0 Å². The van der Waals surface area contributed by atoms with Crippen molar-refractivity contribution in [2.24, 2.45) is 0 Å². The summed E-state index contributed by atoms with van der Waals surface area (Å²) < 4.78 is 32.8. The van der Waals surface area contributed by atoms with Crippen LogP contribution in [0.2, 0.25) is 0 Å². The number of ether oxygens (including phenoxy) is 1. The molecular weight excluding hydrogens is 418 g/mol. The average molecular weight is 446 g/mol. The van der Waals surface area contributed by atoms with Gasteiger partial charge in [0.05, 0.1) is 11.4 Å². The second kappa shape index (κ2) is 10.9. The van der Waals surface area contributed by atoms with E-state index in [1.807, 2.05) is 6.07 Å². The lowest BCUT2D eigenvalue weighted by molar-refractivity contribution is -0.127. The van der Waals surface area contributed by atoms with Crippen LogP contribution in [0.15, 0.2) is 59.5 Å². The van der Waals surface area contributed by atoms with Crippen LogP contribution in [0.3, 0.4) is 0 Å². The Labute approximate surface area is 182 Å². The number of carbonyl (C=O) groups is 2. The fourth-order valence-electron chi connectivity index (χ4n) is 3.30. The minimum Gasteiger partial charge on any atom is -0.484 e. The van der Waals surface area contributed by atoms with Gasteiger partial charge in [-0.1, -0.05) is 42.8 Å². The highest BCUT2D eigenvalue weighted by Gasteiger charge is 2.27. The van der Waals surface area contributed by atoms with Gasteiger partial charge in [-0.15, -0.1) is 0 Å². The Morgan fingerprint density at radius 2 is 1.55 bits per heavy atom. The predicted octanol–water partition coefficient (Wildman–Crippen LogP) is 1.67. The zero-order valence-corrected chi connectivity index (χ0v) is 18.1. The molecule has 1 saturated heterocycles.